The fraction of sp³-hybridized carbons (Fsp3) is 0.250. The van der Waals surface area contributed by atoms with Crippen LogP contribution in [0.2, 0.25) is 0 Å². The lowest BCUT2D eigenvalue weighted by Gasteiger charge is -1.87. The maximum absolute atomic E-state index is 10.4. The molecule has 1 heterocycles. The van der Waals surface area contributed by atoms with Gasteiger partial charge in [0.2, 0.25) is 0 Å². The molecule has 0 spiro atoms. The van der Waals surface area contributed by atoms with Crippen LogP contribution in [0, 0.1) is 6.92 Å². The van der Waals surface area contributed by atoms with Gasteiger partial charge in [-0.15, -0.1) is 0 Å². The highest BCUT2D eigenvalue weighted by Gasteiger charge is 2.15. The highest BCUT2D eigenvalue weighted by Crippen LogP contribution is 2.11. The van der Waals surface area contributed by atoms with Crippen LogP contribution in [0.4, 0.5) is 0 Å². The second-order valence-corrected chi connectivity index (χ2v) is 3.11. The third-order valence-electron chi connectivity index (χ3n) is 0.984. The van der Waals surface area contributed by atoms with Gasteiger partial charge in [-0.05, 0) is 6.92 Å². The molecule has 1 aromatic heterocycles. The minimum absolute atomic E-state index is 0.0856. The van der Waals surface area contributed by atoms with E-state index in [0.717, 1.165) is 6.20 Å². The lowest BCUT2D eigenvalue weighted by atomic mass is 10.5. The molecule has 0 aliphatic heterocycles. The highest BCUT2D eigenvalue weighted by atomic mass is 32.2. The van der Waals surface area contributed by atoms with Gasteiger partial charge in [0.25, 0.3) is 10.1 Å². The summed E-state index contributed by atoms with van der Waals surface area (Å²) in [4.78, 5) is -0.285. The smallest absolute Gasteiger partial charge is 0.299 e. The Morgan fingerprint density at radius 1 is 1.70 bits per heavy atom. The zero-order valence-corrected chi connectivity index (χ0v) is 5.92. The Hall–Kier alpha value is -0.880. The molecule has 0 saturated heterocycles. The van der Waals surface area contributed by atoms with Crippen molar-refractivity contribution in [2.24, 2.45) is 0 Å². The minimum Gasteiger partial charge on any atom is -0.360 e. The van der Waals surface area contributed by atoms with Crippen molar-refractivity contribution in [3.8, 4) is 0 Å². The van der Waals surface area contributed by atoms with Crippen LogP contribution in [0.15, 0.2) is 15.6 Å². The average molecular weight is 163 g/mol. The van der Waals surface area contributed by atoms with Crippen molar-refractivity contribution in [3.05, 3.63) is 12.0 Å². The van der Waals surface area contributed by atoms with Gasteiger partial charge in [-0.25, -0.2) is 0 Å². The van der Waals surface area contributed by atoms with Gasteiger partial charge in [0.05, 0.1) is 6.20 Å². The first kappa shape index (κ1) is 7.23. The molecule has 0 aliphatic rings. The summed E-state index contributed by atoms with van der Waals surface area (Å²) < 4.78 is 33.6. The maximum atomic E-state index is 10.4. The van der Waals surface area contributed by atoms with Crippen LogP contribution >= 0.6 is 0 Å². The van der Waals surface area contributed by atoms with Crippen molar-refractivity contribution in [1.82, 2.24) is 5.16 Å². The third-order valence-corrected chi connectivity index (χ3v) is 1.93. The van der Waals surface area contributed by atoms with E-state index in [1.807, 2.05) is 0 Å². The van der Waals surface area contributed by atoms with Crippen LogP contribution in [0.3, 0.4) is 0 Å². The first-order chi connectivity index (χ1) is 4.52. The predicted molar refractivity (Wildman–Crippen MR) is 31.1 cm³/mol. The van der Waals surface area contributed by atoms with Gasteiger partial charge in [-0.3, -0.25) is 4.55 Å². The number of hydrogen-bond donors (Lipinski definition) is 1. The molecule has 0 bridgehead atoms. The van der Waals surface area contributed by atoms with Crippen molar-refractivity contribution in [2.75, 3.05) is 0 Å². The number of hydrogen-bond acceptors (Lipinski definition) is 4. The predicted octanol–water partition coefficient (Wildman–Crippen LogP) is 0.230. The van der Waals surface area contributed by atoms with Crippen molar-refractivity contribution in [2.45, 2.75) is 11.8 Å². The zero-order chi connectivity index (χ0) is 7.78. The largest absolute Gasteiger partial charge is 0.360 e. The summed E-state index contributed by atoms with van der Waals surface area (Å²) in [5.74, 6) is 0.0856. The van der Waals surface area contributed by atoms with Crippen LogP contribution in [0.5, 0.6) is 0 Å². The van der Waals surface area contributed by atoms with Gasteiger partial charge < -0.3 is 4.52 Å². The molecule has 1 N–H and O–H groups in total. The maximum Gasteiger partial charge on any atom is 0.299 e. The summed E-state index contributed by atoms with van der Waals surface area (Å²) in [5.41, 5.74) is 0. The molecule has 0 aromatic carbocycles. The van der Waals surface area contributed by atoms with E-state index < -0.39 is 10.1 Å². The van der Waals surface area contributed by atoms with Gasteiger partial charge in [-0.1, -0.05) is 5.16 Å². The fourth-order valence-corrected chi connectivity index (χ4v) is 1.11. The standard InChI is InChI=1S/C4H5NO4S/c1-3-4(2-5-9-3)10(6,7)8/h2H,1H3,(H,6,7,8). The van der Waals surface area contributed by atoms with E-state index in [1.54, 1.807) is 0 Å². The van der Waals surface area contributed by atoms with Gasteiger partial charge in [0.1, 0.15) is 0 Å². The van der Waals surface area contributed by atoms with Crippen LogP contribution in [-0.2, 0) is 10.1 Å². The third kappa shape index (κ3) is 1.17. The van der Waals surface area contributed by atoms with E-state index in [2.05, 4.69) is 9.68 Å². The van der Waals surface area contributed by atoms with E-state index >= 15 is 0 Å². The van der Waals surface area contributed by atoms with Gasteiger partial charge in [-0.2, -0.15) is 8.42 Å². The molecule has 5 nitrogen and oxygen atoms in total. The summed E-state index contributed by atoms with van der Waals surface area (Å²) in [6.07, 6.45) is 0.949. The monoisotopic (exact) mass is 163 g/mol. The van der Waals surface area contributed by atoms with Crippen LogP contribution in [0.25, 0.3) is 0 Å². The van der Waals surface area contributed by atoms with Crippen molar-refractivity contribution in [3.63, 3.8) is 0 Å². The molecule has 0 aliphatic carbocycles. The minimum atomic E-state index is -4.15. The van der Waals surface area contributed by atoms with E-state index in [-0.39, 0.29) is 10.7 Å². The van der Waals surface area contributed by atoms with E-state index in [4.69, 9.17) is 4.55 Å². The molecule has 0 saturated carbocycles. The first-order valence-electron chi connectivity index (χ1n) is 2.40. The lowest BCUT2D eigenvalue weighted by molar-refractivity contribution is 0.393. The molecule has 0 radical (unpaired) electrons. The Bertz CT molecular complexity index is 325. The molecule has 0 amide bonds. The van der Waals surface area contributed by atoms with Gasteiger partial charge in [0.15, 0.2) is 10.7 Å². The van der Waals surface area contributed by atoms with Crippen LogP contribution in [0.1, 0.15) is 5.76 Å². The molecule has 1 aromatic rings. The number of rotatable bonds is 1. The second-order valence-electron chi connectivity index (χ2n) is 1.72. The molecular formula is C4H5NO4S. The van der Waals surface area contributed by atoms with Crippen LogP contribution in [-0.4, -0.2) is 18.1 Å². The Kier molecular flexibility index (Phi) is 1.49. The summed E-state index contributed by atoms with van der Waals surface area (Å²) in [6.45, 7) is 1.40. The van der Waals surface area contributed by atoms with Gasteiger partial charge in [0, 0.05) is 0 Å². The van der Waals surface area contributed by atoms with Crippen LogP contribution < -0.4 is 0 Å². The average Bonchev–Trinajstić information content (AvgIpc) is 2.11. The molecule has 6 heteroatoms. The molecule has 0 fully saturated rings. The van der Waals surface area contributed by atoms with E-state index in [0.29, 0.717) is 0 Å². The molecular weight excluding hydrogens is 158 g/mol. The Morgan fingerprint density at radius 2 is 2.30 bits per heavy atom. The normalized spacial score (nSPS) is 11.8. The molecule has 56 valence electrons. The number of aromatic nitrogens is 1. The molecule has 0 atom stereocenters. The van der Waals surface area contributed by atoms with Crippen molar-refractivity contribution in [1.29, 1.82) is 0 Å². The second kappa shape index (κ2) is 2.06. The topological polar surface area (TPSA) is 80.4 Å². The van der Waals surface area contributed by atoms with Gasteiger partial charge >= 0.3 is 0 Å². The molecule has 10 heavy (non-hydrogen) atoms. The SMILES string of the molecule is Cc1oncc1S(=O)(=O)O. The van der Waals surface area contributed by atoms with E-state index in [9.17, 15) is 8.42 Å². The summed E-state index contributed by atoms with van der Waals surface area (Å²) >= 11 is 0. The first-order valence-corrected chi connectivity index (χ1v) is 3.84. The molecule has 1 rings (SSSR count). The summed E-state index contributed by atoms with van der Waals surface area (Å²) in [6, 6.07) is 0. The number of nitrogens with zero attached hydrogens (tertiary/aromatic N) is 1. The molecule has 0 unspecified atom stereocenters. The summed E-state index contributed by atoms with van der Waals surface area (Å²) in [5, 5.41) is 3.17. The Balaban J connectivity index is 3.32. The fourth-order valence-electron chi connectivity index (χ4n) is 0.537. The highest BCUT2D eigenvalue weighted by molar-refractivity contribution is 7.85. The Morgan fingerprint density at radius 3 is 2.50 bits per heavy atom. The quantitative estimate of drug-likeness (QED) is 0.599. The number of aryl methyl sites for hydroxylation is 1. The zero-order valence-electron chi connectivity index (χ0n) is 5.10. The van der Waals surface area contributed by atoms with E-state index in [1.165, 1.54) is 6.92 Å². The summed E-state index contributed by atoms with van der Waals surface area (Å²) in [7, 11) is -4.15. The van der Waals surface area contributed by atoms with Crippen molar-refractivity contribution >= 4 is 10.1 Å². The Labute approximate surface area is 57.4 Å². The van der Waals surface area contributed by atoms with Crippen molar-refractivity contribution < 1.29 is 17.5 Å². The lowest BCUT2D eigenvalue weighted by Crippen LogP contribution is -1.97.